The molecule has 2 atom stereocenters. The molecule has 0 aromatic heterocycles. The average molecular weight is 228 g/mol. The maximum Gasteiger partial charge on any atom is 0.0547 e. The molecule has 0 radical (unpaired) electrons. The molecule has 76 valence electrons. The molecule has 0 saturated carbocycles. The van der Waals surface area contributed by atoms with Gasteiger partial charge in [0.2, 0.25) is 0 Å². The molecule has 1 aromatic rings. The number of aliphatic hydroxyl groups excluding tert-OH is 1. The summed E-state index contributed by atoms with van der Waals surface area (Å²) in [6, 6.07) is 7.88. The predicted molar refractivity (Wildman–Crippen MR) is 60.0 cm³/mol. The van der Waals surface area contributed by atoms with Crippen LogP contribution in [0.4, 0.5) is 0 Å². The second-order valence-corrected chi connectivity index (χ2v) is 5.91. The van der Waals surface area contributed by atoms with Gasteiger partial charge in [-0.1, -0.05) is 18.2 Å². The Kier molecular flexibility index (Phi) is 3.26. The minimum atomic E-state index is -0.834. The van der Waals surface area contributed by atoms with Crippen molar-refractivity contribution in [3.63, 3.8) is 0 Å². The molecule has 1 aliphatic heterocycles. The Labute approximate surface area is 90.2 Å². The van der Waals surface area contributed by atoms with Crippen LogP contribution in [-0.4, -0.2) is 27.4 Å². The highest BCUT2D eigenvalue weighted by Gasteiger charge is 2.27. The molecule has 4 heteroatoms. The third-order valence-corrected chi connectivity index (χ3v) is 5.17. The Morgan fingerprint density at radius 3 is 3.07 bits per heavy atom. The van der Waals surface area contributed by atoms with Crippen molar-refractivity contribution in [2.75, 3.05) is 18.1 Å². The van der Waals surface area contributed by atoms with Gasteiger partial charge in [0.25, 0.3) is 0 Å². The van der Waals surface area contributed by atoms with Crippen LogP contribution in [0.3, 0.4) is 0 Å². The molecule has 1 heterocycles. The predicted octanol–water partition coefficient (Wildman–Crippen LogP) is 1.57. The number of fused-ring (bicyclic) bond motifs is 1. The minimum Gasteiger partial charge on any atom is -0.396 e. The van der Waals surface area contributed by atoms with E-state index in [9.17, 15) is 4.21 Å². The van der Waals surface area contributed by atoms with Crippen LogP contribution in [0, 0.1) is 0 Å². The van der Waals surface area contributed by atoms with E-state index in [2.05, 4.69) is 0 Å². The van der Waals surface area contributed by atoms with Crippen LogP contribution in [0.5, 0.6) is 0 Å². The van der Waals surface area contributed by atoms with Crippen molar-refractivity contribution in [3.05, 3.63) is 29.8 Å². The van der Waals surface area contributed by atoms with E-state index < -0.39 is 10.8 Å². The van der Waals surface area contributed by atoms with Gasteiger partial charge in [0.15, 0.2) is 0 Å². The second kappa shape index (κ2) is 4.47. The fourth-order valence-electron chi connectivity index (χ4n) is 1.60. The quantitative estimate of drug-likeness (QED) is 0.853. The summed E-state index contributed by atoms with van der Waals surface area (Å²) in [5.41, 5.74) is 1.18. The zero-order chi connectivity index (χ0) is 9.97. The smallest absolute Gasteiger partial charge is 0.0547 e. The van der Waals surface area contributed by atoms with Crippen LogP contribution in [-0.2, 0) is 10.8 Å². The van der Waals surface area contributed by atoms with Crippen LogP contribution in [0.25, 0.3) is 0 Å². The molecule has 0 saturated heterocycles. The third-order valence-electron chi connectivity index (χ3n) is 2.22. The summed E-state index contributed by atoms with van der Waals surface area (Å²) < 4.78 is 11.7. The van der Waals surface area contributed by atoms with Crippen molar-refractivity contribution in [3.8, 4) is 0 Å². The number of rotatable bonds is 3. The van der Waals surface area contributed by atoms with Gasteiger partial charge >= 0.3 is 0 Å². The first-order valence-electron chi connectivity index (χ1n) is 4.52. The van der Waals surface area contributed by atoms with Gasteiger partial charge in [-0.25, -0.2) is 0 Å². The Bertz CT molecular complexity index is 352. The average Bonchev–Trinajstić information content (AvgIpc) is 2.54. The van der Waals surface area contributed by atoms with E-state index in [1.54, 1.807) is 11.8 Å². The van der Waals surface area contributed by atoms with Gasteiger partial charge in [-0.05, 0) is 11.6 Å². The summed E-state index contributed by atoms with van der Waals surface area (Å²) in [6.45, 7) is 0.190. The summed E-state index contributed by atoms with van der Waals surface area (Å²) >= 11 is 1.69. The van der Waals surface area contributed by atoms with Gasteiger partial charge in [0.05, 0.1) is 17.4 Å². The van der Waals surface area contributed by atoms with Gasteiger partial charge in [-0.2, -0.15) is 11.8 Å². The lowest BCUT2D eigenvalue weighted by molar-refractivity contribution is 0.322. The molecule has 2 nitrogen and oxygen atoms in total. The first-order chi connectivity index (χ1) is 6.83. The molecule has 0 bridgehead atoms. The largest absolute Gasteiger partial charge is 0.396 e. The van der Waals surface area contributed by atoms with E-state index in [4.69, 9.17) is 5.11 Å². The summed E-state index contributed by atoms with van der Waals surface area (Å²) in [7, 11) is -0.834. The first kappa shape index (κ1) is 10.2. The standard InChI is InChI=1S/C10H12O2S2/c11-5-6-13-9-7-14(12)10-4-2-1-3-8(9)10/h1-4,9,11H,5-7H2/t9-,14+/m1/s1. The Hall–Kier alpha value is -0.320. The van der Waals surface area contributed by atoms with Gasteiger partial charge in [0.1, 0.15) is 0 Å². The Balaban J connectivity index is 2.21. The molecule has 0 amide bonds. The highest BCUT2D eigenvalue weighted by molar-refractivity contribution is 8.00. The van der Waals surface area contributed by atoms with E-state index in [-0.39, 0.29) is 6.61 Å². The number of hydrogen-bond donors (Lipinski definition) is 1. The number of thioether (sulfide) groups is 1. The molecule has 1 aromatic carbocycles. The molecule has 14 heavy (non-hydrogen) atoms. The zero-order valence-corrected chi connectivity index (χ0v) is 9.31. The molecule has 0 fully saturated rings. The maximum atomic E-state index is 11.7. The van der Waals surface area contributed by atoms with Crippen molar-refractivity contribution in [1.29, 1.82) is 0 Å². The minimum absolute atomic E-state index is 0.190. The van der Waals surface area contributed by atoms with Gasteiger partial charge < -0.3 is 5.11 Å². The Morgan fingerprint density at radius 1 is 1.50 bits per heavy atom. The molecular weight excluding hydrogens is 216 g/mol. The summed E-state index contributed by atoms with van der Waals surface area (Å²) in [6.07, 6.45) is 0. The van der Waals surface area contributed by atoms with Crippen LogP contribution in [0.2, 0.25) is 0 Å². The second-order valence-electron chi connectivity index (χ2n) is 3.13. The summed E-state index contributed by atoms with van der Waals surface area (Å²) in [5.74, 6) is 1.42. The summed E-state index contributed by atoms with van der Waals surface area (Å²) in [5, 5.41) is 9.05. The van der Waals surface area contributed by atoms with Crippen molar-refractivity contribution < 1.29 is 9.32 Å². The topological polar surface area (TPSA) is 37.3 Å². The van der Waals surface area contributed by atoms with Gasteiger partial charge in [0, 0.05) is 21.7 Å². The molecule has 1 N–H and O–H groups in total. The van der Waals surface area contributed by atoms with E-state index in [1.807, 2.05) is 24.3 Å². The molecule has 0 unspecified atom stereocenters. The molecular formula is C10H12O2S2. The van der Waals surface area contributed by atoms with E-state index in [0.29, 0.717) is 11.0 Å². The van der Waals surface area contributed by atoms with Crippen molar-refractivity contribution in [1.82, 2.24) is 0 Å². The fraction of sp³-hybridized carbons (Fsp3) is 0.400. The first-order valence-corrected chi connectivity index (χ1v) is 6.89. The monoisotopic (exact) mass is 228 g/mol. The van der Waals surface area contributed by atoms with E-state index in [0.717, 1.165) is 10.6 Å². The SMILES string of the molecule is O=[S@]1C[C@@H](SCCO)c2ccccc21. The maximum absolute atomic E-state index is 11.7. The van der Waals surface area contributed by atoms with Gasteiger partial charge in [-0.15, -0.1) is 0 Å². The summed E-state index contributed by atoms with van der Waals surface area (Å²) in [4.78, 5) is 0.975. The molecule has 1 aliphatic rings. The van der Waals surface area contributed by atoms with Gasteiger partial charge in [-0.3, -0.25) is 4.21 Å². The number of aliphatic hydroxyl groups is 1. The molecule has 0 aliphatic carbocycles. The van der Waals surface area contributed by atoms with Crippen LogP contribution in [0.15, 0.2) is 29.2 Å². The molecule has 0 spiro atoms. The normalized spacial score (nSPS) is 24.9. The van der Waals surface area contributed by atoms with Crippen molar-refractivity contribution in [2.45, 2.75) is 10.1 Å². The lowest BCUT2D eigenvalue weighted by Gasteiger charge is -2.07. The fourth-order valence-corrected chi connectivity index (χ4v) is 4.55. The third kappa shape index (κ3) is 1.87. The molecule has 2 rings (SSSR count). The van der Waals surface area contributed by atoms with Crippen LogP contribution >= 0.6 is 11.8 Å². The van der Waals surface area contributed by atoms with E-state index >= 15 is 0 Å². The van der Waals surface area contributed by atoms with Crippen molar-refractivity contribution >= 4 is 22.6 Å². The van der Waals surface area contributed by atoms with Crippen LogP contribution < -0.4 is 0 Å². The van der Waals surface area contributed by atoms with E-state index in [1.165, 1.54) is 5.56 Å². The van der Waals surface area contributed by atoms with Crippen molar-refractivity contribution in [2.24, 2.45) is 0 Å². The zero-order valence-electron chi connectivity index (χ0n) is 7.68. The Morgan fingerprint density at radius 2 is 2.29 bits per heavy atom. The van der Waals surface area contributed by atoms with Crippen LogP contribution in [0.1, 0.15) is 10.8 Å². The number of benzene rings is 1. The lowest BCUT2D eigenvalue weighted by Crippen LogP contribution is -1.97. The highest BCUT2D eigenvalue weighted by atomic mass is 32.2. The lowest BCUT2D eigenvalue weighted by atomic mass is 10.2. The number of hydrogen-bond acceptors (Lipinski definition) is 3. The highest BCUT2D eigenvalue weighted by Crippen LogP contribution is 2.39.